The van der Waals surface area contributed by atoms with Gasteiger partial charge in [-0.25, -0.2) is 0 Å². The standard InChI is InChI=1S/C13H17NO3S/c1-16-6-7-17-12-5-3-2-4-11(12)14-9-10(18)8-13(14)15/h2-5,10,18H,6-9H2,1H3. The normalized spacial score (nSPS) is 19.3. The Morgan fingerprint density at radius 3 is 2.83 bits per heavy atom. The zero-order chi connectivity index (χ0) is 13.0. The molecule has 2 rings (SSSR count). The number of hydrogen-bond donors (Lipinski definition) is 1. The Labute approximate surface area is 112 Å². The fourth-order valence-corrected chi connectivity index (χ4v) is 2.28. The quantitative estimate of drug-likeness (QED) is 0.652. The first-order valence-corrected chi connectivity index (χ1v) is 6.43. The van der Waals surface area contributed by atoms with E-state index >= 15 is 0 Å². The summed E-state index contributed by atoms with van der Waals surface area (Å²) in [5.41, 5.74) is 0.815. The average molecular weight is 267 g/mol. The number of anilines is 1. The molecule has 0 bridgehead atoms. The maximum absolute atomic E-state index is 11.9. The zero-order valence-corrected chi connectivity index (χ0v) is 11.2. The molecule has 1 saturated heterocycles. The van der Waals surface area contributed by atoms with E-state index in [4.69, 9.17) is 9.47 Å². The van der Waals surface area contributed by atoms with Crippen LogP contribution in [-0.2, 0) is 9.53 Å². The van der Waals surface area contributed by atoms with Crippen LogP contribution in [0.25, 0.3) is 0 Å². The molecule has 0 saturated carbocycles. The fraction of sp³-hybridized carbons (Fsp3) is 0.462. The summed E-state index contributed by atoms with van der Waals surface area (Å²) in [6.07, 6.45) is 0.482. The number of carbonyl (C=O) groups is 1. The monoisotopic (exact) mass is 267 g/mol. The van der Waals surface area contributed by atoms with Crippen LogP contribution in [0.15, 0.2) is 24.3 Å². The largest absolute Gasteiger partial charge is 0.489 e. The topological polar surface area (TPSA) is 38.8 Å². The minimum absolute atomic E-state index is 0.0952. The van der Waals surface area contributed by atoms with Gasteiger partial charge in [0.15, 0.2) is 0 Å². The summed E-state index contributed by atoms with van der Waals surface area (Å²) < 4.78 is 10.6. The maximum atomic E-state index is 11.9. The summed E-state index contributed by atoms with van der Waals surface area (Å²) in [6, 6.07) is 7.55. The summed E-state index contributed by atoms with van der Waals surface area (Å²) in [6.45, 7) is 1.63. The van der Waals surface area contributed by atoms with Crippen molar-refractivity contribution in [1.29, 1.82) is 0 Å². The van der Waals surface area contributed by atoms with Gasteiger partial charge in [0.2, 0.25) is 5.91 Å². The highest BCUT2D eigenvalue weighted by Gasteiger charge is 2.29. The van der Waals surface area contributed by atoms with Gasteiger partial charge in [0.05, 0.1) is 12.3 Å². The van der Waals surface area contributed by atoms with Gasteiger partial charge in [0, 0.05) is 25.3 Å². The molecule has 1 aromatic carbocycles. The van der Waals surface area contributed by atoms with Crippen molar-refractivity contribution in [2.75, 3.05) is 31.8 Å². The van der Waals surface area contributed by atoms with E-state index in [1.807, 2.05) is 24.3 Å². The highest BCUT2D eigenvalue weighted by atomic mass is 32.1. The molecule has 1 fully saturated rings. The Balaban J connectivity index is 2.14. The summed E-state index contributed by atoms with van der Waals surface area (Å²) >= 11 is 4.36. The molecule has 18 heavy (non-hydrogen) atoms. The van der Waals surface area contributed by atoms with Crippen molar-refractivity contribution in [3.05, 3.63) is 24.3 Å². The lowest BCUT2D eigenvalue weighted by Gasteiger charge is -2.19. The van der Waals surface area contributed by atoms with E-state index in [9.17, 15) is 4.79 Å². The van der Waals surface area contributed by atoms with E-state index < -0.39 is 0 Å². The summed E-state index contributed by atoms with van der Waals surface area (Å²) in [5, 5.41) is 0.101. The minimum Gasteiger partial charge on any atom is -0.489 e. The molecule has 4 nitrogen and oxygen atoms in total. The van der Waals surface area contributed by atoms with E-state index in [2.05, 4.69) is 12.6 Å². The van der Waals surface area contributed by atoms with E-state index in [-0.39, 0.29) is 11.2 Å². The van der Waals surface area contributed by atoms with Crippen LogP contribution in [0, 0.1) is 0 Å². The molecular weight excluding hydrogens is 250 g/mol. The molecule has 1 aromatic rings. The molecule has 0 radical (unpaired) electrons. The first-order chi connectivity index (χ1) is 8.72. The summed E-state index contributed by atoms with van der Waals surface area (Å²) in [7, 11) is 1.63. The molecule has 1 atom stereocenters. The van der Waals surface area contributed by atoms with Gasteiger partial charge in [0.1, 0.15) is 12.4 Å². The lowest BCUT2D eigenvalue weighted by Crippen LogP contribution is -2.25. The fourth-order valence-electron chi connectivity index (χ4n) is 1.96. The van der Waals surface area contributed by atoms with E-state index in [1.54, 1.807) is 12.0 Å². The molecule has 5 heteroatoms. The Hall–Kier alpha value is -1.20. The number of nitrogens with zero attached hydrogens (tertiary/aromatic N) is 1. The summed E-state index contributed by atoms with van der Waals surface area (Å²) in [4.78, 5) is 13.6. The first kappa shape index (κ1) is 13.2. The van der Waals surface area contributed by atoms with Crippen molar-refractivity contribution in [1.82, 2.24) is 0 Å². The molecule has 0 N–H and O–H groups in total. The van der Waals surface area contributed by atoms with E-state index in [0.29, 0.717) is 31.9 Å². The minimum atomic E-state index is 0.0952. The molecule has 1 aliphatic heterocycles. The Morgan fingerprint density at radius 1 is 1.39 bits per heavy atom. The molecule has 1 heterocycles. The SMILES string of the molecule is COCCOc1ccccc1N1CC(S)CC1=O. The number of amides is 1. The predicted molar refractivity (Wildman–Crippen MR) is 73.6 cm³/mol. The molecule has 98 valence electrons. The van der Waals surface area contributed by atoms with Gasteiger partial charge in [-0.1, -0.05) is 12.1 Å². The number of ether oxygens (including phenoxy) is 2. The van der Waals surface area contributed by atoms with Gasteiger partial charge in [-0.05, 0) is 12.1 Å². The smallest absolute Gasteiger partial charge is 0.228 e. The van der Waals surface area contributed by atoms with Gasteiger partial charge in [-0.3, -0.25) is 4.79 Å². The van der Waals surface area contributed by atoms with Crippen LogP contribution in [-0.4, -0.2) is 38.0 Å². The lowest BCUT2D eigenvalue weighted by atomic mass is 10.2. The molecule has 1 aliphatic rings. The van der Waals surface area contributed by atoms with Crippen LogP contribution in [0.5, 0.6) is 5.75 Å². The summed E-state index contributed by atoms with van der Waals surface area (Å²) in [5.74, 6) is 0.808. The second-order valence-corrected chi connectivity index (χ2v) is 4.90. The van der Waals surface area contributed by atoms with E-state index in [1.165, 1.54) is 0 Å². The third kappa shape index (κ3) is 2.97. The van der Waals surface area contributed by atoms with E-state index in [0.717, 1.165) is 5.69 Å². The van der Waals surface area contributed by atoms with Gasteiger partial charge in [-0.15, -0.1) is 0 Å². The zero-order valence-electron chi connectivity index (χ0n) is 10.3. The molecule has 0 aliphatic carbocycles. The highest BCUT2D eigenvalue weighted by molar-refractivity contribution is 7.81. The number of para-hydroxylation sites is 2. The van der Waals surface area contributed by atoms with Crippen LogP contribution in [0.2, 0.25) is 0 Å². The van der Waals surface area contributed by atoms with Crippen molar-refractivity contribution in [3.8, 4) is 5.75 Å². The van der Waals surface area contributed by atoms with Gasteiger partial charge in [-0.2, -0.15) is 12.6 Å². The van der Waals surface area contributed by atoms with Crippen molar-refractivity contribution in [3.63, 3.8) is 0 Å². The number of thiol groups is 1. The molecule has 1 unspecified atom stereocenters. The van der Waals surface area contributed by atoms with Crippen LogP contribution in [0.4, 0.5) is 5.69 Å². The van der Waals surface area contributed by atoms with Crippen molar-refractivity contribution < 1.29 is 14.3 Å². The average Bonchev–Trinajstić information content (AvgIpc) is 2.69. The Morgan fingerprint density at radius 2 is 2.17 bits per heavy atom. The van der Waals surface area contributed by atoms with Crippen LogP contribution < -0.4 is 9.64 Å². The third-order valence-electron chi connectivity index (χ3n) is 2.81. The van der Waals surface area contributed by atoms with Crippen LogP contribution in [0.1, 0.15) is 6.42 Å². The van der Waals surface area contributed by atoms with Crippen LogP contribution in [0.3, 0.4) is 0 Å². The molecule has 0 spiro atoms. The number of methoxy groups -OCH3 is 1. The van der Waals surface area contributed by atoms with Gasteiger partial charge < -0.3 is 14.4 Å². The number of hydrogen-bond acceptors (Lipinski definition) is 4. The van der Waals surface area contributed by atoms with Gasteiger partial charge >= 0.3 is 0 Å². The van der Waals surface area contributed by atoms with Crippen molar-refractivity contribution in [2.24, 2.45) is 0 Å². The Bertz CT molecular complexity index is 424. The molecular formula is C13H17NO3S. The third-order valence-corrected chi connectivity index (χ3v) is 3.15. The first-order valence-electron chi connectivity index (χ1n) is 5.91. The maximum Gasteiger partial charge on any atom is 0.228 e. The van der Waals surface area contributed by atoms with Crippen molar-refractivity contribution in [2.45, 2.75) is 11.7 Å². The predicted octanol–water partition coefficient (Wildman–Crippen LogP) is 1.75. The molecule has 0 aromatic heterocycles. The number of rotatable bonds is 5. The van der Waals surface area contributed by atoms with Gasteiger partial charge in [0.25, 0.3) is 0 Å². The van der Waals surface area contributed by atoms with Crippen LogP contribution >= 0.6 is 12.6 Å². The number of carbonyl (C=O) groups excluding carboxylic acids is 1. The number of benzene rings is 1. The highest BCUT2D eigenvalue weighted by Crippen LogP contribution is 2.32. The lowest BCUT2D eigenvalue weighted by molar-refractivity contribution is -0.117. The Kier molecular flexibility index (Phi) is 4.49. The van der Waals surface area contributed by atoms with Crippen molar-refractivity contribution >= 4 is 24.2 Å². The second-order valence-electron chi connectivity index (χ2n) is 4.17. The second kappa shape index (κ2) is 6.11. The molecule has 1 amide bonds.